The maximum absolute atomic E-state index is 4.17. The molecule has 1 aliphatic rings. The zero-order chi connectivity index (χ0) is 10.8. The molecule has 0 heterocycles. The number of nitrogens with one attached hydrogen (secondary N) is 1. The lowest BCUT2D eigenvalue weighted by Crippen LogP contribution is -2.11. The topological polar surface area (TPSA) is 12.0 Å². The predicted molar refractivity (Wildman–Crippen MR) is 68.7 cm³/mol. The van der Waals surface area contributed by atoms with Crippen molar-refractivity contribution in [1.82, 2.24) is 4.72 Å². The lowest BCUT2D eigenvalue weighted by atomic mass is 9.88. The van der Waals surface area contributed by atoms with E-state index < -0.39 is 0 Å². The lowest BCUT2D eigenvalue weighted by molar-refractivity contribution is 0.930. The van der Waals surface area contributed by atoms with Gasteiger partial charge < -0.3 is 4.72 Å². The molecule has 0 saturated carbocycles. The summed E-state index contributed by atoms with van der Waals surface area (Å²) < 4.78 is 2.98. The van der Waals surface area contributed by atoms with Crippen LogP contribution >= 0.6 is 12.8 Å². The molecule has 1 aromatic carbocycles. The van der Waals surface area contributed by atoms with E-state index in [1.807, 2.05) is 6.08 Å². The number of rotatable bonds is 2. The van der Waals surface area contributed by atoms with E-state index in [1.54, 1.807) is 0 Å². The van der Waals surface area contributed by atoms with Gasteiger partial charge in [-0.15, -0.1) is 0 Å². The summed E-state index contributed by atoms with van der Waals surface area (Å²) in [6.07, 6.45) is 4.06. The Hall–Kier alpha value is -1.15. The number of thiol groups is 1. The molecule has 0 unspecified atom stereocenters. The van der Waals surface area contributed by atoms with E-state index in [9.17, 15) is 0 Å². The van der Waals surface area contributed by atoms with Gasteiger partial charge in [0, 0.05) is 5.56 Å². The number of benzene rings is 1. The maximum atomic E-state index is 4.17. The van der Waals surface area contributed by atoms with Crippen LogP contribution in [0.5, 0.6) is 0 Å². The molecule has 0 atom stereocenters. The van der Waals surface area contributed by atoms with Gasteiger partial charge in [-0.25, -0.2) is 0 Å². The van der Waals surface area contributed by atoms with Crippen LogP contribution < -0.4 is 4.72 Å². The van der Waals surface area contributed by atoms with Gasteiger partial charge in [-0.05, 0) is 30.9 Å². The predicted octanol–water partition coefficient (Wildman–Crippen LogP) is 3.27. The number of hydrogen-bond donors (Lipinski definition) is 2. The first-order valence-electron chi connectivity index (χ1n) is 5.12. The quantitative estimate of drug-likeness (QED) is 0.724. The second kappa shape index (κ2) is 4.15. The molecule has 0 fully saturated rings. The summed E-state index contributed by atoms with van der Waals surface area (Å²) in [5.41, 5.74) is 6.33. The Morgan fingerprint density at radius 3 is 2.87 bits per heavy atom. The van der Waals surface area contributed by atoms with Gasteiger partial charge in [0.05, 0.1) is 5.70 Å². The molecule has 2 rings (SSSR count). The summed E-state index contributed by atoms with van der Waals surface area (Å²) >= 11 is 4.17. The average molecular weight is 217 g/mol. The minimum atomic E-state index is 1.04. The second-order valence-corrected chi connectivity index (χ2v) is 4.10. The molecule has 0 saturated heterocycles. The summed E-state index contributed by atoms with van der Waals surface area (Å²) in [6, 6.07) is 6.54. The number of fused-ring (bicyclic) bond motifs is 1. The van der Waals surface area contributed by atoms with E-state index in [0.717, 1.165) is 18.5 Å². The van der Waals surface area contributed by atoms with Crippen molar-refractivity contribution in [2.75, 3.05) is 0 Å². The smallest absolute Gasteiger partial charge is 0.0546 e. The van der Waals surface area contributed by atoms with Crippen molar-refractivity contribution in [1.29, 1.82) is 0 Å². The van der Waals surface area contributed by atoms with Crippen LogP contribution in [0.1, 0.15) is 23.1 Å². The molecule has 1 aliphatic carbocycles. The molecule has 0 spiro atoms. The van der Waals surface area contributed by atoms with Crippen molar-refractivity contribution in [2.24, 2.45) is 0 Å². The highest BCUT2D eigenvalue weighted by atomic mass is 32.1. The van der Waals surface area contributed by atoms with Crippen LogP contribution in [0.25, 0.3) is 5.70 Å². The van der Waals surface area contributed by atoms with Crippen LogP contribution in [0, 0.1) is 6.92 Å². The molecule has 0 radical (unpaired) electrons. The Morgan fingerprint density at radius 2 is 2.20 bits per heavy atom. The van der Waals surface area contributed by atoms with Gasteiger partial charge >= 0.3 is 0 Å². The first-order valence-corrected chi connectivity index (χ1v) is 5.56. The molecule has 1 N–H and O–H groups in total. The molecule has 0 amide bonds. The van der Waals surface area contributed by atoms with Crippen LogP contribution in [-0.4, -0.2) is 0 Å². The van der Waals surface area contributed by atoms with E-state index in [2.05, 4.69) is 49.2 Å². The number of aryl methyl sites for hydroxylation is 2. The third-order valence-electron chi connectivity index (χ3n) is 2.87. The fourth-order valence-electron chi connectivity index (χ4n) is 2.08. The molecular weight excluding hydrogens is 202 g/mol. The van der Waals surface area contributed by atoms with E-state index in [4.69, 9.17) is 0 Å². The summed E-state index contributed by atoms with van der Waals surface area (Å²) in [4.78, 5) is 0. The van der Waals surface area contributed by atoms with Crippen molar-refractivity contribution in [3.63, 3.8) is 0 Å². The van der Waals surface area contributed by atoms with Gasteiger partial charge in [0.25, 0.3) is 0 Å². The molecule has 2 heteroatoms. The molecule has 15 heavy (non-hydrogen) atoms. The third kappa shape index (κ3) is 1.82. The van der Waals surface area contributed by atoms with Crippen molar-refractivity contribution in [3.8, 4) is 0 Å². The highest BCUT2D eigenvalue weighted by molar-refractivity contribution is 7.78. The average Bonchev–Trinajstić information content (AvgIpc) is 2.27. The minimum Gasteiger partial charge on any atom is -0.332 e. The highest BCUT2D eigenvalue weighted by Gasteiger charge is 2.16. The van der Waals surface area contributed by atoms with Crippen LogP contribution in [0.2, 0.25) is 0 Å². The Kier molecular flexibility index (Phi) is 2.87. The highest BCUT2D eigenvalue weighted by Crippen LogP contribution is 2.30. The monoisotopic (exact) mass is 217 g/mol. The first kappa shape index (κ1) is 10.4. The standard InChI is InChI=1S/C13H15NS/c1-3-10-5-6-11-8-9(2)4-7-12(11)13(10)14-15/h3-4,7-8,14-15H,1,5-6H2,2H3. The minimum absolute atomic E-state index is 1.04. The lowest BCUT2D eigenvalue weighted by Gasteiger charge is -2.21. The van der Waals surface area contributed by atoms with E-state index in [-0.39, 0.29) is 0 Å². The Bertz CT molecular complexity index is 432. The molecule has 1 aromatic rings. The second-order valence-electron chi connectivity index (χ2n) is 3.88. The van der Waals surface area contributed by atoms with Crippen LogP contribution in [0.4, 0.5) is 0 Å². The number of allylic oxidation sites excluding steroid dienone is 2. The fourth-order valence-corrected chi connectivity index (χ4v) is 2.34. The van der Waals surface area contributed by atoms with E-state index in [0.29, 0.717) is 0 Å². The van der Waals surface area contributed by atoms with Gasteiger partial charge in [-0.1, -0.05) is 49.2 Å². The fraction of sp³-hybridized carbons (Fsp3) is 0.231. The van der Waals surface area contributed by atoms with Gasteiger partial charge in [0.15, 0.2) is 0 Å². The molecule has 0 aliphatic heterocycles. The SMILES string of the molecule is C=CC1=C(NS)c2ccc(C)cc2CC1. The summed E-state index contributed by atoms with van der Waals surface area (Å²) in [7, 11) is 0. The Morgan fingerprint density at radius 1 is 1.40 bits per heavy atom. The molecule has 0 aromatic heterocycles. The van der Waals surface area contributed by atoms with E-state index in [1.165, 1.54) is 22.3 Å². The molecular formula is C13H15NS. The number of hydrogen-bond acceptors (Lipinski definition) is 2. The molecule has 0 bridgehead atoms. The van der Waals surface area contributed by atoms with Crippen molar-refractivity contribution in [2.45, 2.75) is 19.8 Å². The first-order chi connectivity index (χ1) is 7.26. The van der Waals surface area contributed by atoms with Crippen LogP contribution in [0.3, 0.4) is 0 Å². The van der Waals surface area contributed by atoms with Gasteiger partial charge in [0.2, 0.25) is 0 Å². The zero-order valence-electron chi connectivity index (χ0n) is 8.88. The van der Waals surface area contributed by atoms with Crippen molar-refractivity contribution in [3.05, 3.63) is 53.1 Å². The van der Waals surface area contributed by atoms with Crippen molar-refractivity contribution >= 4 is 18.5 Å². The van der Waals surface area contributed by atoms with Crippen LogP contribution in [0.15, 0.2) is 36.4 Å². The van der Waals surface area contributed by atoms with Gasteiger partial charge in [0.1, 0.15) is 0 Å². The summed E-state index contributed by atoms with van der Waals surface area (Å²) in [5.74, 6) is 0. The zero-order valence-corrected chi connectivity index (χ0v) is 9.77. The third-order valence-corrected chi connectivity index (χ3v) is 3.10. The normalized spacial score (nSPS) is 14.8. The van der Waals surface area contributed by atoms with Crippen LogP contribution in [-0.2, 0) is 6.42 Å². The largest absolute Gasteiger partial charge is 0.332 e. The van der Waals surface area contributed by atoms with Crippen molar-refractivity contribution < 1.29 is 0 Å². The Labute approximate surface area is 96.4 Å². The molecule has 78 valence electrons. The summed E-state index contributed by atoms with van der Waals surface area (Å²) in [5, 5.41) is 0. The molecule has 1 nitrogen and oxygen atoms in total. The summed E-state index contributed by atoms with van der Waals surface area (Å²) in [6.45, 7) is 5.97. The Balaban J connectivity index is 2.57. The van der Waals surface area contributed by atoms with Gasteiger partial charge in [-0.2, -0.15) is 0 Å². The van der Waals surface area contributed by atoms with Gasteiger partial charge in [-0.3, -0.25) is 0 Å². The van der Waals surface area contributed by atoms with E-state index >= 15 is 0 Å². The maximum Gasteiger partial charge on any atom is 0.0546 e.